The maximum atomic E-state index is 9.69. The molecule has 1 aromatic heterocycles. The zero-order valence-electron chi connectivity index (χ0n) is 9.54. The Hall–Kier alpha value is -0.800. The topological polar surface area (TPSA) is 42.6 Å². The number of aliphatic hydroxyl groups excluding tert-OH is 1. The monoisotopic (exact) mass is 210 g/mol. The number of ether oxygens (including phenoxy) is 1. The van der Waals surface area contributed by atoms with Crippen molar-refractivity contribution < 1.29 is 14.3 Å². The molecule has 3 nitrogen and oxygen atoms in total. The van der Waals surface area contributed by atoms with Crippen LogP contribution in [0.25, 0.3) is 0 Å². The van der Waals surface area contributed by atoms with Gasteiger partial charge in [0.15, 0.2) is 0 Å². The highest BCUT2D eigenvalue weighted by Crippen LogP contribution is 2.37. The van der Waals surface area contributed by atoms with Gasteiger partial charge in [0, 0.05) is 12.0 Å². The van der Waals surface area contributed by atoms with Crippen LogP contribution in [-0.2, 0) is 10.3 Å². The predicted molar refractivity (Wildman–Crippen MR) is 56.7 cm³/mol. The fraction of sp³-hybridized carbons (Fsp3) is 0.667. The first kappa shape index (κ1) is 10.7. The number of hydrogen-bond donors (Lipinski definition) is 1. The first-order valence-corrected chi connectivity index (χ1v) is 5.41. The predicted octanol–water partition coefficient (Wildman–Crippen LogP) is 2.28. The summed E-state index contributed by atoms with van der Waals surface area (Å²) in [6.07, 6.45) is 1.11. The average Bonchev–Trinajstić information content (AvgIpc) is 2.45. The molecule has 84 valence electrons. The van der Waals surface area contributed by atoms with Gasteiger partial charge in [-0.3, -0.25) is 0 Å². The summed E-state index contributed by atoms with van der Waals surface area (Å²) >= 11 is 0. The molecule has 2 atom stereocenters. The molecule has 0 radical (unpaired) electrons. The van der Waals surface area contributed by atoms with Crippen LogP contribution in [-0.4, -0.2) is 17.8 Å². The second kappa shape index (κ2) is 3.65. The highest BCUT2D eigenvalue weighted by molar-refractivity contribution is 5.27. The summed E-state index contributed by atoms with van der Waals surface area (Å²) in [5, 5.41) is 9.69. The number of furan rings is 1. The molecule has 0 aliphatic carbocycles. The standard InChI is InChI=1S/C12H18O3/c1-8-6-11(9(2)15-8)12(3)7-10(13)4-5-14-12/h6,10,13H,4-5,7H2,1-3H3. The second-order valence-corrected chi connectivity index (χ2v) is 4.55. The number of aryl methyl sites for hydroxylation is 2. The van der Waals surface area contributed by atoms with E-state index in [-0.39, 0.29) is 11.7 Å². The molecule has 1 saturated heterocycles. The van der Waals surface area contributed by atoms with E-state index in [2.05, 4.69) is 0 Å². The Morgan fingerprint density at radius 3 is 2.73 bits per heavy atom. The smallest absolute Gasteiger partial charge is 0.107 e. The van der Waals surface area contributed by atoms with Crippen LogP contribution < -0.4 is 0 Å². The average molecular weight is 210 g/mol. The lowest BCUT2D eigenvalue weighted by Crippen LogP contribution is -2.37. The van der Waals surface area contributed by atoms with E-state index in [1.807, 2.05) is 26.8 Å². The van der Waals surface area contributed by atoms with Gasteiger partial charge in [-0.25, -0.2) is 0 Å². The van der Waals surface area contributed by atoms with Crippen LogP contribution in [0.4, 0.5) is 0 Å². The Labute approximate surface area is 90.0 Å². The van der Waals surface area contributed by atoms with Gasteiger partial charge in [-0.05, 0) is 33.3 Å². The van der Waals surface area contributed by atoms with Crippen molar-refractivity contribution in [3.63, 3.8) is 0 Å². The van der Waals surface area contributed by atoms with E-state index in [4.69, 9.17) is 9.15 Å². The van der Waals surface area contributed by atoms with Crippen molar-refractivity contribution in [3.8, 4) is 0 Å². The molecule has 0 bridgehead atoms. The maximum absolute atomic E-state index is 9.69. The van der Waals surface area contributed by atoms with Crippen molar-refractivity contribution in [1.82, 2.24) is 0 Å². The van der Waals surface area contributed by atoms with Crippen molar-refractivity contribution >= 4 is 0 Å². The SMILES string of the molecule is Cc1cc(C2(C)CC(O)CCO2)c(C)o1. The van der Waals surface area contributed by atoms with Gasteiger partial charge in [-0.1, -0.05) is 0 Å². The van der Waals surface area contributed by atoms with Crippen LogP contribution in [0.2, 0.25) is 0 Å². The van der Waals surface area contributed by atoms with Gasteiger partial charge in [0.25, 0.3) is 0 Å². The summed E-state index contributed by atoms with van der Waals surface area (Å²) in [5.74, 6) is 1.79. The van der Waals surface area contributed by atoms with Crippen molar-refractivity contribution in [2.45, 2.75) is 45.3 Å². The van der Waals surface area contributed by atoms with Gasteiger partial charge < -0.3 is 14.3 Å². The van der Waals surface area contributed by atoms with Crippen molar-refractivity contribution in [3.05, 3.63) is 23.2 Å². The number of rotatable bonds is 1. The molecular formula is C12H18O3. The molecule has 1 fully saturated rings. The van der Waals surface area contributed by atoms with Gasteiger partial charge in [-0.15, -0.1) is 0 Å². The van der Waals surface area contributed by atoms with E-state index in [1.54, 1.807) is 0 Å². The summed E-state index contributed by atoms with van der Waals surface area (Å²) in [4.78, 5) is 0. The second-order valence-electron chi connectivity index (χ2n) is 4.55. The minimum atomic E-state index is -0.389. The molecule has 0 spiro atoms. The fourth-order valence-electron chi connectivity index (χ4n) is 2.37. The minimum Gasteiger partial charge on any atom is -0.466 e. The molecule has 1 aliphatic rings. The third-order valence-electron chi connectivity index (χ3n) is 3.11. The summed E-state index contributed by atoms with van der Waals surface area (Å²) in [5.41, 5.74) is 0.679. The van der Waals surface area contributed by atoms with Crippen LogP contribution in [0.5, 0.6) is 0 Å². The van der Waals surface area contributed by atoms with Gasteiger partial charge in [0.05, 0.1) is 18.3 Å². The first-order chi connectivity index (χ1) is 7.01. The molecule has 0 aromatic carbocycles. The molecule has 1 aliphatic heterocycles. The Bertz CT molecular complexity index is 356. The van der Waals surface area contributed by atoms with E-state index in [0.717, 1.165) is 23.5 Å². The molecular weight excluding hydrogens is 192 g/mol. The van der Waals surface area contributed by atoms with Crippen LogP contribution in [0, 0.1) is 13.8 Å². The van der Waals surface area contributed by atoms with Gasteiger partial charge in [0.1, 0.15) is 11.5 Å². The third kappa shape index (κ3) is 1.94. The van der Waals surface area contributed by atoms with Gasteiger partial charge in [0.2, 0.25) is 0 Å². The maximum Gasteiger partial charge on any atom is 0.107 e. The van der Waals surface area contributed by atoms with Gasteiger partial charge >= 0.3 is 0 Å². The molecule has 2 unspecified atom stereocenters. The zero-order chi connectivity index (χ0) is 11.1. The number of aliphatic hydroxyl groups is 1. The Balaban J connectivity index is 2.31. The molecule has 0 saturated carbocycles. The quantitative estimate of drug-likeness (QED) is 0.773. The third-order valence-corrected chi connectivity index (χ3v) is 3.11. The van der Waals surface area contributed by atoms with Crippen molar-refractivity contribution in [1.29, 1.82) is 0 Å². The molecule has 2 heterocycles. The number of hydrogen-bond acceptors (Lipinski definition) is 3. The highest BCUT2D eigenvalue weighted by Gasteiger charge is 2.36. The minimum absolute atomic E-state index is 0.265. The Morgan fingerprint density at radius 1 is 1.47 bits per heavy atom. The molecule has 1 aromatic rings. The fourth-order valence-corrected chi connectivity index (χ4v) is 2.37. The summed E-state index contributed by atoms with van der Waals surface area (Å²) in [6, 6.07) is 2.01. The molecule has 15 heavy (non-hydrogen) atoms. The van der Waals surface area contributed by atoms with E-state index in [9.17, 15) is 5.11 Å². The van der Waals surface area contributed by atoms with Crippen LogP contribution in [0.15, 0.2) is 10.5 Å². The zero-order valence-corrected chi connectivity index (χ0v) is 9.54. The molecule has 0 amide bonds. The molecule has 1 N–H and O–H groups in total. The lowest BCUT2D eigenvalue weighted by Gasteiger charge is -2.36. The van der Waals surface area contributed by atoms with E-state index in [1.165, 1.54) is 0 Å². The van der Waals surface area contributed by atoms with E-state index < -0.39 is 0 Å². The summed E-state index contributed by atoms with van der Waals surface area (Å²) in [7, 11) is 0. The normalized spacial score (nSPS) is 31.9. The van der Waals surface area contributed by atoms with Crippen LogP contribution >= 0.6 is 0 Å². The summed E-state index contributed by atoms with van der Waals surface area (Å²) < 4.78 is 11.3. The molecule has 2 rings (SSSR count). The Morgan fingerprint density at radius 2 is 2.20 bits per heavy atom. The Kier molecular flexibility index (Phi) is 2.61. The van der Waals surface area contributed by atoms with E-state index >= 15 is 0 Å². The van der Waals surface area contributed by atoms with E-state index in [0.29, 0.717) is 13.0 Å². The van der Waals surface area contributed by atoms with Crippen LogP contribution in [0.3, 0.4) is 0 Å². The van der Waals surface area contributed by atoms with Crippen molar-refractivity contribution in [2.75, 3.05) is 6.61 Å². The first-order valence-electron chi connectivity index (χ1n) is 5.41. The summed E-state index contributed by atoms with van der Waals surface area (Å²) in [6.45, 7) is 6.51. The lowest BCUT2D eigenvalue weighted by molar-refractivity contribution is -0.113. The van der Waals surface area contributed by atoms with Crippen LogP contribution in [0.1, 0.15) is 36.8 Å². The lowest BCUT2D eigenvalue weighted by atomic mass is 9.87. The largest absolute Gasteiger partial charge is 0.466 e. The highest BCUT2D eigenvalue weighted by atomic mass is 16.5. The molecule has 3 heteroatoms. The van der Waals surface area contributed by atoms with Crippen molar-refractivity contribution in [2.24, 2.45) is 0 Å². The van der Waals surface area contributed by atoms with Gasteiger partial charge in [-0.2, -0.15) is 0 Å².